The van der Waals surface area contributed by atoms with E-state index in [1.54, 1.807) is 19.2 Å². The number of Topliss-reactive ketones (excluding diaryl/α,β-unsaturated/α-hetero) is 2. The molecule has 0 unspecified atom stereocenters. The molecule has 0 aliphatic carbocycles. The minimum Gasteiger partial charge on any atom is -0.452 e. The van der Waals surface area contributed by atoms with Crippen LogP contribution in [0.2, 0.25) is 0 Å². The zero-order chi connectivity index (χ0) is 18.8. The highest BCUT2D eigenvalue weighted by Gasteiger charge is 2.21. The van der Waals surface area contributed by atoms with Gasteiger partial charge >= 0.3 is 5.97 Å². The lowest BCUT2D eigenvalue weighted by Crippen LogP contribution is -2.15. The molecule has 0 aliphatic rings. The summed E-state index contributed by atoms with van der Waals surface area (Å²) in [5.74, 6) is -1.15. The van der Waals surface area contributed by atoms with E-state index in [1.165, 1.54) is 29.6 Å². The van der Waals surface area contributed by atoms with E-state index in [0.717, 1.165) is 9.88 Å². The van der Waals surface area contributed by atoms with Gasteiger partial charge in [-0.15, -0.1) is 22.7 Å². The summed E-state index contributed by atoms with van der Waals surface area (Å²) in [7, 11) is 0. The standard InChI is InChI=1S/C18H16N2O4S2/c1-9-15(11(3)21)10(2)19-16(9)13(22)7-24-18(23)12-8-26-17(20-12)14-5-4-6-25-14/h4-6,8,19H,7H2,1-3H3. The molecule has 3 heterocycles. The molecule has 0 saturated heterocycles. The van der Waals surface area contributed by atoms with Gasteiger partial charge in [-0.3, -0.25) is 9.59 Å². The summed E-state index contributed by atoms with van der Waals surface area (Å²) >= 11 is 2.88. The molecule has 0 bridgehead atoms. The van der Waals surface area contributed by atoms with Crippen LogP contribution in [0.5, 0.6) is 0 Å². The maximum atomic E-state index is 12.3. The molecule has 1 N–H and O–H groups in total. The van der Waals surface area contributed by atoms with Crippen molar-refractivity contribution in [2.24, 2.45) is 0 Å². The van der Waals surface area contributed by atoms with Gasteiger partial charge in [-0.25, -0.2) is 9.78 Å². The number of rotatable bonds is 6. The Hall–Kier alpha value is -2.58. The smallest absolute Gasteiger partial charge is 0.358 e. The predicted molar refractivity (Wildman–Crippen MR) is 100 cm³/mol. The Labute approximate surface area is 157 Å². The normalized spacial score (nSPS) is 10.7. The Morgan fingerprint density at radius 2 is 2.00 bits per heavy atom. The Kier molecular flexibility index (Phi) is 5.15. The van der Waals surface area contributed by atoms with Crippen molar-refractivity contribution in [3.8, 4) is 9.88 Å². The van der Waals surface area contributed by atoms with Crippen LogP contribution in [0.15, 0.2) is 22.9 Å². The van der Waals surface area contributed by atoms with Gasteiger partial charge in [0.2, 0.25) is 5.78 Å². The molecular weight excluding hydrogens is 372 g/mol. The number of nitrogens with one attached hydrogen (secondary N) is 1. The van der Waals surface area contributed by atoms with Gasteiger partial charge in [0.05, 0.1) is 10.6 Å². The van der Waals surface area contributed by atoms with Crippen molar-refractivity contribution in [1.29, 1.82) is 0 Å². The number of nitrogens with zero attached hydrogens (tertiary/aromatic N) is 1. The summed E-state index contributed by atoms with van der Waals surface area (Å²) in [6.45, 7) is 4.46. The number of thiophene rings is 1. The summed E-state index contributed by atoms with van der Waals surface area (Å²) in [5, 5.41) is 4.28. The van der Waals surface area contributed by atoms with Gasteiger partial charge in [0.1, 0.15) is 5.01 Å². The van der Waals surface area contributed by atoms with Crippen LogP contribution in [-0.2, 0) is 4.74 Å². The van der Waals surface area contributed by atoms with Crippen LogP contribution >= 0.6 is 22.7 Å². The van der Waals surface area contributed by atoms with E-state index in [-0.39, 0.29) is 23.0 Å². The fraction of sp³-hybridized carbons (Fsp3) is 0.222. The highest BCUT2D eigenvalue weighted by atomic mass is 32.1. The van der Waals surface area contributed by atoms with Gasteiger partial charge in [0, 0.05) is 16.6 Å². The second kappa shape index (κ2) is 7.35. The number of hydrogen-bond acceptors (Lipinski definition) is 7. The second-order valence-electron chi connectivity index (χ2n) is 5.70. The molecule has 0 aliphatic heterocycles. The van der Waals surface area contributed by atoms with E-state index >= 15 is 0 Å². The van der Waals surface area contributed by atoms with Gasteiger partial charge in [0.15, 0.2) is 18.1 Å². The summed E-state index contributed by atoms with van der Waals surface area (Å²) in [6.07, 6.45) is 0. The number of aryl methyl sites for hydroxylation is 1. The third kappa shape index (κ3) is 3.51. The third-order valence-corrected chi connectivity index (χ3v) is 5.73. The predicted octanol–water partition coefficient (Wildman–Crippen LogP) is 4.06. The van der Waals surface area contributed by atoms with Crippen LogP contribution in [0.25, 0.3) is 9.88 Å². The number of thiazole rings is 1. The third-order valence-electron chi connectivity index (χ3n) is 3.85. The number of aromatic amines is 1. The van der Waals surface area contributed by atoms with Gasteiger partial charge < -0.3 is 9.72 Å². The first-order chi connectivity index (χ1) is 12.4. The molecule has 26 heavy (non-hydrogen) atoms. The van der Waals surface area contributed by atoms with Gasteiger partial charge in [-0.1, -0.05) is 6.07 Å². The van der Waals surface area contributed by atoms with E-state index in [2.05, 4.69) is 9.97 Å². The van der Waals surface area contributed by atoms with Crippen LogP contribution in [0.4, 0.5) is 0 Å². The lowest BCUT2D eigenvalue weighted by Gasteiger charge is -2.02. The lowest BCUT2D eigenvalue weighted by atomic mass is 10.1. The Balaban J connectivity index is 1.67. The van der Waals surface area contributed by atoms with Crippen LogP contribution in [0, 0.1) is 13.8 Å². The van der Waals surface area contributed by atoms with E-state index in [1.807, 2.05) is 17.5 Å². The topological polar surface area (TPSA) is 89.1 Å². The van der Waals surface area contributed by atoms with Crippen LogP contribution in [0.3, 0.4) is 0 Å². The minimum atomic E-state index is -0.648. The van der Waals surface area contributed by atoms with Crippen LogP contribution in [0.1, 0.15) is 49.5 Å². The zero-order valence-electron chi connectivity index (χ0n) is 14.4. The average Bonchev–Trinajstić information content (AvgIpc) is 3.31. The Morgan fingerprint density at radius 3 is 2.62 bits per heavy atom. The largest absolute Gasteiger partial charge is 0.452 e. The van der Waals surface area contributed by atoms with E-state index in [9.17, 15) is 14.4 Å². The van der Waals surface area contributed by atoms with E-state index in [4.69, 9.17) is 4.74 Å². The molecule has 0 spiro atoms. The fourth-order valence-corrected chi connectivity index (χ4v) is 4.32. The fourth-order valence-electron chi connectivity index (χ4n) is 2.72. The van der Waals surface area contributed by atoms with Crippen molar-refractivity contribution in [1.82, 2.24) is 9.97 Å². The summed E-state index contributed by atoms with van der Waals surface area (Å²) in [5.41, 5.74) is 2.17. The number of H-pyrrole nitrogens is 1. The number of carbonyl (C=O) groups excluding carboxylic acids is 3. The zero-order valence-corrected chi connectivity index (χ0v) is 16.0. The van der Waals surface area contributed by atoms with Crippen LogP contribution < -0.4 is 0 Å². The second-order valence-corrected chi connectivity index (χ2v) is 7.50. The number of carbonyl (C=O) groups is 3. The first-order valence-corrected chi connectivity index (χ1v) is 9.54. The SMILES string of the molecule is CC(=O)c1c(C)[nH]c(C(=O)COC(=O)c2csc(-c3cccs3)n2)c1C. The summed E-state index contributed by atoms with van der Waals surface area (Å²) in [4.78, 5) is 44.3. The molecule has 0 amide bonds. The molecule has 0 aromatic carbocycles. The lowest BCUT2D eigenvalue weighted by molar-refractivity contribution is 0.0468. The van der Waals surface area contributed by atoms with Crippen LogP contribution in [-0.4, -0.2) is 34.1 Å². The summed E-state index contributed by atoms with van der Waals surface area (Å²) in [6, 6.07) is 3.83. The molecule has 3 aromatic rings. The molecule has 0 fully saturated rings. The highest BCUT2D eigenvalue weighted by molar-refractivity contribution is 7.20. The molecule has 8 heteroatoms. The first-order valence-electron chi connectivity index (χ1n) is 7.78. The van der Waals surface area contributed by atoms with Gasteiger partial charge in [-0.05, 0) is 37.8 Å². The quantitative estimate of drug-likeness (QED) is 0.508. The van der Waals surface area contributed by atoms with Crippen molar-refractivity contribution in [2.45, 2.75) is 20.8 Å². The van der Waals surface area contributed by atoms with Gasteiger partial charge in [-0.2, -0.15) is 0 Å². The summed E-state index contributed by atoms with van der Waals surface area (Å²) < 4.78 is 5.09. The molecule has 0 atom stereocenters. The number of aromatic nitrogens is 2. The number of ether oxygens (including phenoxy) is 1. The molecular formula is C18H16N2O4S2. The Bertz CT molecular complexity index is 983. The minimum absolute atomic E-state index is 0.115. The molecule has 3 aromatic heterocycles. The molecule has 0 saturated carbocycles. The molecule has 6 nitrogen and oxygen atoms in total. The van der Waals surface area contributed by atoms with Gasteiger partial charge in [0.25, 0.3) is 0 Å². The molecule has 0 radical (unpaired) electrons. The number of hydrogen-bond donors (Lipinski definition) is 1. The van der Waals surface area contributed by atoms with Crippen molar-refractivity contribution < 1.29 is 19.1 Å². The first kappa shape index (κ1) is 18.2. The number of ketones is 2. The Morgan fingerprint density at radius 1 is 1.23 bits per heavy atom. The maximum Gasteiger partial charge on any atom is 0.358 e. The molecule has 134 valence electrons. The molecule has 3 rings (SSSR count). The van der Waals surface area contributed by atoms with E-state index in [0.29, 0.717) is 16.8 Å². The number of esters is 1. The van der Waals surface area contributed by atoms with Crippen molar-refractivity contribution in [3.05, 3.63) is 51.1 Å². The van der Waals surface area contributed by atoms with Crippen molar-refractivity contribution >= 4 is 40.2 Å². The van der Waals surface area contributed by atoms with Crippen molar-refractivity contribution in [3.63, 3.8) is 0 Å². The maximum absolute atomic E-state index is 12.3. The highest BCUT2D eigenvalue weighted by Crippen LogP contribution is 2.28. The van der Waals surface area contributed by atoms with Crippen molar-refractivity contribution in [2.75, 3.05) is 6.61 Å². The average molecular weight is 388 g/mol. The van der Waals surface area contributed by atoms with E-state index < -0.39 is 12.6 Å². The monoisotopic (exact) mass is 388 g/mol.